The minimum Gasteiger partial charge on any atom is -0.350 e. The van der Waals surface area contributed by atoms with Crippen LogP contribution in [0, 0.1) is 13.8 Å². The molecule has 1 unspecified atom stereocenters. The molecule has 1 heterocycles. The lowest BCUT2D eigenvalue weighted by Crippen LogP contribution is -2.30. The summed E-state index contributed by atoms with van der Waals surface area (Å²) in [5, 5.41) is 5.19. The molecule has 4 nitrogen and oxygen atoms in total. The van der Waals surface area contributed by atoms with E-state index in [9.17, 15) is 9.59 Å². The van der Waals surface area contributed by atoms with Gasteiger partial charge in [0.05, 0.1) is 11.7 Å². The van der Waals surface area contributed by atoms with Crippen LogP contribution in [0.2, 0.25) is 0 Å². The van der Waals surface area contributed by atoms with Gasteiger partial charge in [-0.1, -0.05) is 48.0 Å². The summed E-state index contributed by atoms with van der Waals surface area (Å²) in [6.45, 7) is 6.69. The van der Waals surface area contributed by atoms with Crippen molar-refractivity contribution in [2.75, 3.05) is 11.4 Å². The minimum absolute atomic E-state index is 0.0137. The molecule has 0 aliphatic carbocycles. The van der Waals surface area contributed by atoms with Crippen LogP contribution < -0.4 is 10.2 Å². The van der Waals surface area contributed by atoms with E-state index in [4.69, 9.17) is 0 Å². The summed E-state index contributed by atoms with van der Waals surface area (Å²) in [4.78, 5) is 27.1. The van der Waals surface area contributed by atoms with Gasteiger partial charge in [0.1, 0.15) is 0 Å². The third-order valence-electron chi connectivity index (χ3n) is 5.70. The Kier molecular flexibility index (Phi) is 5.10. The van der Waals surface area contributed by atoms with Crippen LogP contribution in [0.25, 0.3) is 10.8 Å². The molecule has 0 spiro atoms. The van der Waals surface area contributed by atoms with E-state index in [2.05, 4.69) is 37.4 Å². The number of amides is 2. The van der Waals surface area contributed by atoms with Crippen molar-refractivity contribution in [1.29, 1.82) is 0 Å². The van der Waals surface area contributed by atoms with Gasteiger partial charge < -0.3 is 10.2 Å². The molecule has 0 saturated heterocycles. The Morgan fingerprint density at radius 2 is 1.83 bits per heavy atom. The van der Waals surface area contributed by atoms with Crippen LogP contribution >= 0.6 is 0 Å². The molecular formula is C25H26N2O2. The first-order valence-electron chi connectivity index (χ1n) is 10.2. The molecule has 3 aromatic carbocycles. The van der Waals surface area contributed by atoms with Crippen LogP contribution in [0.1, 0.15) is 52.9 Å². The standard InChI is InChI=1S/C25H26N2O2/c1-16-12-13-20(17(2)15-16)18(3)26-23(28)11-6-14-27-22-10-5-8-19-7-4-9-21(24(19)22)25(27)29/h4-5,7-10,12-13,15,18H,6,11,14H2,1-3H3,(H,26,28). The highest BCUT2D eigenvalue weighted by atomic mass is 16.2. The van der Waals surface area contributed by atoms with E-state index < -0.39 is 0 Å². The molecule has 4 heteroatoms. The fraction of sp³-hybridized carbons (Fsp3) is 0.280. The number of nitrogens with one attached hydrogen (secondary N) is 1. The maximum Gasteiger partial charge on any atom is 0.258 e. The Bertz CT molecular complexity index is 1100. The molecule has 0 radical (unpaired) electrons. The Labute approximate surface area is 171 Å². The summed E-state index contributed by atoms with van der Waals surface area (Å²) >= 11 is 0. The van der Waals surface area contributed by atoms with Crippen molar-refractivity contribution < 1.29 is 9.59 Å². The van der Waals surface area contributed by atoms with Crippen molar-refractivity contribution in [2.45, 2.75) is 39.7 Å². The van der Waals surface area contributed by atoms with Crippen LogP contribution in [-0.4, -0.2) is 18.4 Å². The molecule has 0 bridgehead atoms. The minimum atomic E-state index is -0.0329. The number of carbonyl (C=O) groups excluding carboxylic acids is 2. The molecule has 1 aliphatic heterocycles. The first-order chi connectivity index (χ1) is 14.0. The highest BCUT2D eigenvalue weighted by molar-refractivity contribution is 6.25. The van der Waals surface area contributed by atoms with Crippen molar-refractivity contribution in [3.8, 4) is 0 Å². The topological polar surface area (TPSA) is 49.4 Å². The van der Waals surface area contributed by atoms with Gasteiger partial charge in [0, 0.05) is 23.9 Å². The van der Waals surface area contributed by atoms with Crippen molar-refractivity contribution >= 4 is 28.3 Å². The number of rotatable bonds is 6. The first kappa shape index (κ1) is 19.2. The summed E-state index contributed by atoms with van der Waals surface area (Å²) in [6, 6.07) is 18.1. The van der Waals surface area contributed by atoms with Crippen molar-refractivity contribution in [1.82, 2.24) is 5.32 Å². The quantitative estimate of drug-likeness (QED) is 0.643. The maximum absolute atomic E-state index is 12.8. The number of benzene rings is 3. The van der Waals surface area contributed by atoms with Crippen LogP contribution in [0.4, 0.5) is 5.69 Å². The van der Waals surface area contributed by atoms with Crippen LogP contribution in [0.15, 0.2) is 54.6 Å². The van der Waals surface area contributed by atoms with Gasteiger partial charge >= 0.3 is 0 Å². The Balaban J connectivity index is 1.37. The number of carbonyl (C=O) groups is 2. The molecule has 0 saturated carbocycles. The van der Waals surface area contributed by atoms with Crippen molar-refractivity contribution in [2.24, 2.45) is 0 Å². The molecule has 1 aliphatic rings. The van der Waals surface area contributed by atoms with E-state index >= 15 is 0 Å². The zero-order valence-electron chi connectivity index (χ0n) is 17.2. The van der Waals surface area contributed by atoms with Gasteiger partial charge in [-0.2, -0.15) is 0 Å². The Morgan fingerprint density at radius 3 is 2.59 bits per heavy atom. The zero-order valence-corrected chi connectivity index (χ0v) is 17.2. The van der Waals surface area contributed by atoms with E-state index in [0.717, 1.165) is 27.6 Å². The van der Waals surface area contributed by atoms with Crippen LogP contribution in [0.3, 0.4) is 0 Å². The van der Waals surface area contributed by atoms with Gasteiger partial charge in [0.25, 0.3) is 5.91 Å². The molecule has 1 N–H and O–H groups in total. The third kappa shape index (κ3) is 3.63. The van der Waals surface area contributed by atoms with Gasteiger partial charge in [0.15, 0.2) is 0 Å². The SMILES string of the molecule is Cc1ccc(C(C)NC(=O)CCCN2C(=O)c3cccc4cccc2c34)c(C)c1. The second kappa shape index (κ2) is 7.70. The number of nitrogens with zero attached hydrogens (tertiary/aromatic N) is 1. The molecule has 29 heavy (non-hydrogen) atoms. The van der Waals surface area contributed by atoms with E-state index in [1.807, 2.05) is 43.3 Å². The van der Waals surface area contributed by atoms with E-state index in [1.165, 1.54) is 11.1 Å². The number of anilines is 1. The average molecular weight is 386 g/mol. The average Bonchev–Trinajstić information content (AvgIpc) is 2.96. The lowest BCUT2D eigenvalue weighted by molar-refractivity contribution is -0.121. The predicted octanol–water partition coefficient (Wildman–Crippen LogP) is 5.07. The molecule has 1 atom stereocenters. The Hall–Kier alpha value is -3.14. The predicted molar refractivity (Wildman–Crippen MR) is 117 cm³/mol. The molecule has 0 fully saturated rings. The highest BCUT2D eigenvalue weighted by Crippen LogP contribution is 2.37. The molecule has 2 amide bonds. The normalized spacial score (nSPS) is 13.8. The maximum atomic E-state index is 12.8. The second-order valence-electron chi connectivity index (χ2n) is 7.89. The van der Waals surface area contributed by atoms with Crippen molar-refractivity contribution in [3.63, 3.8) is 0 Å². The second-order valence-corrected chi connectivity index (χ2v) is 7.89. The van der Waals surface area contributed by atoms with Crippen LogP contribution in [-0.2, 0) is 4.79 Å². The van der Waals surface area contributed by atoms with Gasteiger partial charge in [0.2, 0.25) is 5.91 Å². The number of hydrogen-bond donors (Lipinski definition) is 1. The van der Waals surface area contributed by atoms with Gasteiger partial charge in [-0.15, -0.1) is 0 Å². The fourth-order valence-corrected chi connectivity index (χ4v) is 4.30. The summed E-state index contributed by atoms with van der Waals surface area (Å²) in [6.07, 6.45) is 1.02. The monoisotopic (exact) mass is 386 g/mol. The van der Waals surface area contributed by atoms with Gasteiger partial charge in [-0.05, 0) is 55.8 Å². The molecule has 3 aromatic rings. The van der Waals surface area contributed by atoms with Gasteiger partial charge in [-0.3, -0.25) is 9.59 Å². The molecule has 148 valence electrons. The van der Waals surface area contributed by atoms with Crippen LogP contribution in [0.5, 0.6) is 0 Å². The summed E-state index contributed by atoms with van der Waals surface area (Å²) < 4.78 is 0. The molecular weight excluding hydrogens is 360 g/mol. The molecule has 4 rings (SSSR count). The van der Waals surface area contributed by atoms with E-state index in [-0.39, 0.29) is 17.9 Å². The highest BCUT2D eigenvalue weighted by Gasteiger charge is 2.29. The smallest absolute Gasteiger partial charge is 0.258 e. The molecule has 0 aromatic heterocycles. The first-order valence-corrected chi connectivity index (χ1v) is 10.2. The number of aryl methyl sites for hydroxylation is 2. The lowest BCUT2D eigenvalue weighted by atomic mass is 10.00. The number of hydrogen-bond acceptors (Lipinski definition) is 2. The fourth-order valence-electron chi connectivity index (χ4n) is 4.30. The third-order valence-corrected chi connectivity index (χ3v) is 5.70. The van der Waals surface area contributed by atoms with Crippen molar-refractivity contribution in [3.05, 3.63) is 76.9 Å². The van der Waals surface area contributed by atoms with E-state index in [1.54, 1.807) is 4.90 Å². The Morgan fingerprint density at radius 1 is 1.07 bits per heavy atom. The summed E-state index contributed by atoms with van der Waals surface area (Å²) in [5.41, 5.74) is 5.25. The zero-order chi connectivity index (χ0) is 20.5. The van der Waals surface area contributed by atoms with Gasteiger partial charge in [-0.25, -0.2) is 0 Å². The summed E-state index contributed by atoms with van der Waals surface area (Å²) in [7, 11) is 0. The largest absolute Gasteiger partial charge is 0.350 e. The summed E-state index contributed by atoms with van der Waals surface area (Å²) in [5.74, 6) is 0.0423. The lowest BCUT2D eigenvalue weighted by Gasteiger charge is -2.19. The van der Waals surface area contributed by atoms with E-state index in [0.29, 0.717) is 19.4 Å².